The Morgan fingerprint density at radius 1 is 0.771 bits per heavy atom. The number of carbonyl (C=O) groups excluding carboxylic acids is 2. The van der Waals surface area contributed by atoms with Crippen molar-refractivity contribution in [2.24, 2.45) is 0 Å². The first kappa shape index (κ1) is 22.9. The quantitative estimate of drug-likeness (QED) is 0.541. The van der Waals surface area contributed by atoms with Crippen molar-refractivity contribution in [2.75, 3.05) is 47.8 Å². The Hall–Kier alpha value is -3.90. The molecule has 0 aliphatic carbocycles. The minimum Gasteiger partial charge on any atom is -0.369 e. The summed E-state index contributed by atoms with van der Waals surface area (Å²) in [5.74, 6) is -0.668. The van der Waals surface area contributed by atoms with Gasteiger partial charge < -0.3 is 15.1 Å². The predicted molar refractivity (Wildman–Crippen MR) is 141 cm³/mol. The molecule has 3 aromatic rings. The van der Waals surface area contributed by atoms with Gasteiger partial charge in [-0.3, -0.25) is 9.59 Å². The SMILES string of the molecule is CCN1CCN(c2ccc(NC3=C(c4ccccc4)C(=O)N(c4cccc(C)c4)C3=O)cc2)CC1. The lowest BCUT2D eigenvalue weighted by Crippen LogP contribution is -2.46. The van der Waals surface area contributed by atoms with Crippen molar-refractivity contribution >= 4 is 34.4 Å². The number of nitrogens with zero attached hydrogens (tertiary/aromatic N) is 3. The molecule has 2 heterocycles. The average Bonchev–Trinajstić information content (AvgIpc) is 3.14. The molecular formula is C29H30N4O2. The average molecular weight is 467 g/mol. The molecule has 6 nitrogen and oxygen atoms in total. The molecule has 0 spiro atoms. The van der Waals surface area contributed by atoms with Crippen molar-refractivity contribution < 1.29 is 9.59 Å². The van der Waals surface area contributed by atoms with Crippen LogP contribution in [0, 0.1) is 6.92 Å². The lowest BCUT2D eigenvalue weighted by atomic mass is 10.0. The van der Waals surface area contributed by atoms with E-state index in [1.165, 1.54) is 10.6 Å². The van der Waals surface area contributed by atoms with Crippen molar-refractivity contribution in [1.82, 2.24) is 4.90 Å². The van der Waals surface area contributed by atoms with Crippen LogP contribution < -0.4 is 15.1 Å². The fourth-order valence-corrected chi connectivity index (χ4v) is 4.74. The number of likely N-dealkylation sites (N-methyl/N-ethyl adjacent to an activating group) is 1. The van der Waals surface area contributed by atoms with E-state index in [-0.39, 0.29) is 11.8 Å². The van der Waals surface area contributed by atoms with Crippen LogP contribution in [0.2, 0.25) is 0 Å². The van der Waals surface area contributed by atoms with Crippen LogP contribution in [-0.4, -0.2) is 49.4 Å². The van der Waals surface area contributed by atoms with Gasteiger partial charge in [0, 0.05) is 37.6 Å². The Morgan fingerprint density at radius 2 is 1.49 bits per heavy atom. The number of piperazine rings is 1. The first-order chi connectivity index (χ1) is 17.0. The van der Waals surface area contributed by atoms with Crippen LogP contribution in [0.15, 0.2) is 84.6 Å². The van der Waals surface area contributed by atoms with E-state index in [0.29, 0.717) is 22.5 Å². The molecule has 178 valence electrons. The van der Waals surface area contributed by atoms with Crippen LogP contribution in [0.4, 0.5) is 17.1 Å². The second-order valence-electron chi connectivity index (χ2n) is 8.99. The van der Waals surface area contributed by atoms with Gasteiger partial charge in [0.1, 0.15) is 5.70 Å². The van der Waals surface area contributed by atoms with Crippen molar-refractivity contribution in [1.29, 1.82) is 0 Å². The Bertz CT molecular complexity index is 1260. The molecule has 0 aromatic heterocycles. The first-order valence-corrected chi connectivity index (χ1v) is 12.1. The van der Waals surface area contributed by atoms with Crippen molar-refractivity contribution in [3.05, 3.63) is 95.7 Å². The molecule has 2 aliphatic heterocycles. The Balaban J connectivity index is 1.43. The highest BCUT2D eigenvalue weighted by molar-refractivity contribution is 6.46. The zero-order valence-electron chi connectivity index (χ0n) is 20.2. The molecule has 1 fully saturated rings. The van der Waals surface area contributed by atoms with Gasteiger partial charge in [0.05, 0.1) is 11.3 Å². The van der Waals surface area contributed by atoms with Gasteiger partial charge in [-0.25, -0.2) is 4.90 Å². The molecule has 5 rings (SSSR count). The number of benzene rings is 3. The third kappa shape index (κ3) is 4.57. The predicted octanol–water partition coefficient (Wildman–Crippen LogP) is 4.53. The highest BCUT2D eigenvalue weighted by Crippen LogP contribution is 2.34. The number of aryl methyl sites for hydroxylation is 1. The summed E-state index contributed by atoms with van der Waals surface area (Å²) in [6.07, 6.45) is 0. The monoisotopic (exact) mass is 466 g/mol. The minimum absolute atomic E-state index is 0.298. The van der Waals surface area contributed by atoms with Gasteiger partial charge in [0.2, 0.25) is 0 Å². The van der Waals surface area contributed by atoms with Gasteiger partial charge >= 0.3 is 0 Å². The van der Waals surface area contributed by atoms with Crippen LogP contribution in [-0.2, 0) is 9.59 Å². The maximum atomic E-state index is 13.6. The van der Waals surface area contributed by atoms with E-state index in [0.717, 1.165) is 44.0 Å². The molecule has 0 radical (unpaired) electrons. The number of nitrogens with one attached hydrogen (secondary N) is 1. The van der Waals surface area contributed by atoms with Gasteiger partial charge in [0.15, 0.2) is 0 Å². The number of rotatable bonds is 6. The van der Waals surface area contributed by atoms with E-state index in [9.17, 15) is 9.59 Å². The van der Waals surface area contributed by atoms with Crippen LogP contribution in [0.5, 0.6) is 0 Å². The maximum Gasteiger partial charge on any atom is 0.282 e. The smallest absolute Gasteiger partial charge is 0.282 e. The standard InChI is InChI=1S/C29H30N4O2/c1-3-31-16-18-32(19-17-31)24-14-12-23(13-15-24)30-27-26(22-9-5-4-6-10-22)28(34)33(29(27)35)25-11-7-8-21(2)20-25/h4-15,20,30H,3,16-19H2,1-2H3. The molecule has 35 heavy (non-hydrogen) atoms. The van der Waals surface area contributed by atoms with E-state index in [1.54, 1.807) is 6.07 Å². The summed E-state index contributed by atoms with van der Waals surface area (Å²) in [5.41, 5.74) is 4.90. The van der Waals surface area contributed by atoms with E-state index in [2.05, 4.69) is 34.2 Å². The fourth-order valence-electron chi connectivity index (χ4n) is 4.74. The Labute approximate surface area is 206 Å². The second-order valence-corrected chi connectivity index (χ2v) is 8.99. The van der Waals surface area contributed by atoms with Crippen molar-refractivity contribution in [3.63, 3.8) is 0 Å². The summed E-state index contributed by atoms with van der Waals surface area (Å²) >= 11 is 0. The number of hydrogen-bond acceptors (Lipinski definition) is 5. The first-order valence-electron chi connectivity index (χ1n) is 12.1. The summed E-state index contributed by atoms with van der Waals surface area (Å²) in [6, 6.07) is 24.9. The van der Waals surface area contributed by atoms with Gasteiger partial charge in [-0.15, -0.1) is 0 Å². The Morgan fingerprint density at radius 3 is 2.14 bits per heavy atom. The zero-order valence-corrected chi connectivity index (χ0v) is 20.2. The molecule has 6 heteroatoms. The van der Waals surface area contributed by atoms with Crippen LogP contribution >= 0.6 is 0 Å². The van der Waals surface area contributed by atoms with Crippen LogP contribution in [0.1, 0.15) is 18.1 Å². The molecule has 0 saturated carbocycles. The topological polar surface area (TPSA) is 55.9 Å². The van der Waals surface area contributed by atoms with Gasteiger partial charge in [0.25, 0.3) is 11.8 Å². The molecule has 0 bridgehead atoms. The molecule has 2 amide bonds. The van der Waals surface area contributed by atoms with E-state index >= 15 is 0 Å². The summed E-state index contributed by atoms with van der Waals surface area (Å²) in [5, 5.41) is 3.27. The van der Waals surface area contributed by atoms with Gasteiger partial charge in [-0.05, 0) is 61.0 Å². The summed E-state index contributed by atoms with van der Waals surface area (Å²) < 4.78 is 0. The van der Waals surface area contributed by atoms with Crippen molar-refractivity contribution in [2.45, 2.75) is 13.8 Å². The zero-order chi connectivity index (χ0) is 24.4. The van der Waals surface area contributed by atoms with Crippen molar-refractivity contribution in [3.8, 4) is 0 Å². The molecule has 0 unspecified atom stereocenters. The third-order valence-corrected chi connectivity index (χ3v) is 6.73. The lowest BCUT2D eigenvalue weighted by Gasteiger charge is -2.35. The lowest BCUT2D eigenvalue weighted by molar-refractivity contribution is -0.120. The summed E-state index contributed by atoms with van der Waals surface area (Å²) in [7, 11) is 0. The number of hydrogen-bond donors (Lipinski definition) is 1. The van der Waals surface area contributed by atoms with Gasteiger partial charge in [-0.1, -0.05) is 49.4 Å². The van der Waals surface area contributed by atoms with Gasteiger partial charge in [-0.2, -0.15) is 0 Å². The van der Waals surface area contributed by atoms with E-state index < -0.39 is 0 Å². The highest BCUT2D eigenvalue weighted by Gasteiger charge is 2.40. The number of imide groups is 1. The molecular weight excluding hydrogens is 436 g/mol. The van der Waals surface area contributed by atoms with E-state index in [1.807, 2.05) is 67.6 Å². The van der Waals surface area contributed by atoms with Crippen LogP contribution in [0.3, 0.4) is 0 Å². The molecule has 1 saturated heterocycles. The molecule has 1 N–H and O–H groups in total. The fraction of sp³-hybridized carbons (Fsp3) is 0.241. The molecule has 0 atom stereocenters. The number of anilines is 3. The second kappa shape index (κ2) is 9.76. The third-order valence-electron chi connectivity index (χ3n) is 6.73. The largest absolute Gasteiger partial charge is 0.369 e. The number of amides is 2. The number of carbonyl (C=O) groups is 2. The normalized spacial score (nSPS) is 16.9. The molecule has 3 aromatic carbocycles. The summed E-state index contributed by atoms with van der Waals surface area (Å²) in [4.78, 5) is 33.2. The Kier molecular flexibility index (Phi) is 6.38. The minimum atomic E-state index is -0.348. The maximum absolute atomic E-state index is 13.6. The van der Waals surface area contributed by atoms with E-state index in [4.69, 9.17) is 0 Å². The van der Waals surface area contributed by atoms with Crippen LogP contribution in [0.25, 0.3) is 5.57 Å². The summed E-state index contributed by atoms with van der Waals surface area (Å²) in [6.45, 7) is 9.36. The highest BCUT2D eigenvalue weighted by atomic mass is 16.2. The molecule has 2 aliphatic rings.